The molecule has 0 aliphatic carbocycles. The maximum absolute atomic E-state index is 11.4. The third-order valence-electron chi connectivity index (χ3n) is 6.41. The molecule has 0 unspecified atom stereocenters. The Bertz CT molecular complexity index is 428. The molecule has 0 bridgehead atoms. The average molecular weight is 340 g/mol. The molecule has 2 N–H and O–H groups in total. The molecule has 0 saturated carbocycles. The third kappa shape index (κ3) is 4.80. The average Bonchev–Trinajstić information content (AvgIpc) is 2.31. The molecular weight excluding hydrogens is 298 g/mol. The van der Waals surface area contributed by atoms with Crippen LogP contribution in [0.2, 0.25) is 0 Å². The lowest BCUT2D eigenvalue weighted by Crippen LogP contribution is -2.61. The van der Waals surface area contributed by atoms with Gasteiger partial charge in [-0.25, -0.2) is 0 Å². The van der Waals surface area contributed by atoms with Crippen molar-refractivity contribution >= 4 is 5.78 Å². The van der Waals surface area contributed by atoms with Crippen LogP contribution in [-0.4, -0.2) is 57.9 Å². The summed E-state index contributed by atoms with van der Waals surface area (Å²) in [5.41, 5.74) is 6.58. The molecular formula is C20H41N3O. The van der Waals surface area contributed by atoms with Gasteiger partial charge in [0.25, 0.3) is 0 Å². The molecule has 4 heteroatoms. The summed E-state index contributed by atoms with van der Waals surface area (Å²) in [4.78, 5) is 16.2. The van der Waals surface area contributed by atoms with E-state index in [2.05, 4.69) is 79.3 Å². The minimum atomic E-state index is 0.0266. The fraction of sp³-hybridized carbons (Fsp3) is 0.950. The fourth-order valence-corrected chi connectivity index (χ4v) is 4.53. The van der Waals surface area contributed by atoms with Gasteiger partial charge in [-0.1, -0.05) is 0 Å². The lowest BCUT2D eigenvalue weighted by atomic mass is 9.78. The molecule has 0 aromatic rings. The molecule has 2 fully saturated rings. The van der Waals surface area contributed by atoms with Gasteiger partial charge >= 0.3 is 0 Å². The minimum Gasteiger partial charge on any atom is -0.328 e. The second-order valence-corrected chi connectivity index (χ2v) is 10.4. The maximum Gasteiger partial charge on any atom is 0.136 e. The summed E-state index contributed by atoms with van der Waals surface area (Å²) in [5, 5.41) is 0. The van der Waals surface area contributed by atoms with Gasteiger partial charge in [0.1, 0.15) is 5.78 Å². The number of Topliss-reactive ketones (excluding diaryl/α,β-unsaturated/α-hetero) is 1. The molecule has 2 saturated heterocycles. The monoisotopic (exact) mass is 339 g/mol. The number of nitrogens with zero attached hydrogens (tertiary/aromatic N) is 2. The number of ketones is 1. The van der Waals surface area contributed by atoms with Crippen LogP contribution < -0.4 is 5.73 Å². The summed E-state index contributed by atoms with van der Waals surface area (Å²) in [6, 6.07) is 0.367. The number of piperidine rings is 2. The number of rotatable bonds is 0. The van der Waals surface area contributed by atoms with Crippen molar-refractivity contribution in [2.45, 2.75) is 109 Å². The molecule has 2 heterocycles. The highest BCUT2D eigenvalue weighted by atomic mass is 16.1. The molecule has 0 spiro atoms. The first-order valence-electron chi connectivity index (χ1n) is 9.26. The SMILES string of the molecule is CN1C(C)(C)CC(=O)CC1(C)C.CN1C(C)(C)CC(N)CC1(C)C. The van der Waals surface area contributed by atoms with Crippen molar-refractivity contribution in [1.82, 2.24) is 9.80 Å². The Kier molecular flexibility index (Phi) is 6.02. The molecule has 0 amide bonds. The standard InChI is InChI=1S/C10H22N2.C10H19NO/c1-9(2)6-8(11)7-10(3,4)12(9)5;1-9(2)6-8(12)7-10(3,4)11(9)5/h8H,6-7,11H2,1-5H3;6-7H2,1-5H3. The van der Waals surface area contributed by atoms with Crippen LogP contribution in [0.3, 0.4) is 0 Å². The summed E-state index contributed by atoms with van der Waals surface area (Å²) >= 11 is 0. The number of carbonyl (C=O) groups excluding carboxylic acids is 1. The van der Waals surface area contributed by atoms with E-state index >= 15 is 0 Å². The first-order valence-corrected chi connectivity index (χ1v) is 9.26. The fourth-order valence-electron chi connectivity index (χ4n) is 4.53. The number of hydrogen-bond acceptors (Lipinski definition) is 4. The lowest BCUT2D eigenvalue weighted by molar-refractivity contribution is -0.131. The molecule has 0 atom stereocenters. The number of hydrogen-bond donors (Lipinski definition) is 1. The largest absolute Gasteiger partial charge is 0.328 e. The van der Waals surface area contributed by atoms with Crippen LogP contribution in [0.5, 0.6) is 0 Å². The highest BCUT2D eigenvalue weighted by Gasteiger charge is 2.42. The number of carbonyl (C=O) groups is 1. The van der Waals surface area contributed by atoms with Gasteiger partial charge in [0.15, 0.2) is 0 Å². The topological polar surface area (TPSA) is 49.6 Å². The molecule has 142 valence electrons. The summed E-state index contributed by atoms with van der Waals surface area (Å²) in [7, 11) is 4.30. The van der Waals surface area contributed by atoms with Gasteiger partial charge < -0.3 is 5.73 Å². The van der Waals surface area contributed by atoms with Crippen LogP contribution in [0.4, 0.5) is 0 Å². The van der Waals surface area contributed by atoms with E-state index in [0.717, 1.165) is 12.8 Å². The summed E-state index contributed by atoms with van der Waals surface area (Å²) in [6.45, 7) is 17.6. The molecule has 2 aliphatic heterocycles. The lowest BCUT2D eigenvalue weighted by Gasteiger charge is -2.53. The van der Waals surface area contributed by atoms with Crippen molar-refractivity contribution in [2.75, 3.05) is 14.1 Å². The quantitative estimate of drug-likeness (QED) is 0.734. The van der Waals surface area contributed by atoms with E-state index in [1.54, 1.807) is 0 Å². The van der Waals surface area contributed by atoms with Gasteiger partial charge in [-0.05, 0) is 82.3 Å². The highest BCUT2D eigenvalue weighted by Crippen LogP contribution is 2.36. The molecule has 24 heavy (non-hydrogen) atoms. The van der Waals surface area contributed by atoms with E-state index in [4.69, 9.17) is 5.73 Å². The van der Waals surface area contributed by atoms with Crippen molar-refractivity contribution < 1.29 is 4.79 Å². The Morgan fingerprint density at radius 3 is 1.38 bits per heavy atom. The Balaban J connectivity index is 0.000000240. The van der Waals surface area contributed by atoms with E-state index in [1.807, 2.05) is 0 Å². The predicted octanol–water partition coefficient (Wildman–Crippen LogP) is 3.43. The molecule has 2 rings (SSSR count). The van der Waals surface area contributed by atoms with Crippen LogP contribution in [0.1, 0.15) is 81.1 Å². The van der Waals surface area contributed by atoms with Gasteiger partial charge in [0.05, 0.1) is 0 Å². The van der Waals surface area contributed by atoms with E-state index < -0.39 is 0 Å². The van der Waals surface area contributed by atoms with Gasteiger partial charge in [0, 0.05) is 41.0 Å². The van der Waals surface area contributed by atoms with Crippen LogP contribution in [0, 0.1) is 0 Å². The maximum atomic E-state index is 11.4. The van der Waals surface area contributed by atoms with E-state index in [9.17, 15) is 4.79 Å². The summed E-state index contributed by atoms with van der Waals surface area (Å²) in [5.74, 6) is 0.392. The highest BCUT2D eigenvalue weighted by molar-refractivity contribution is 5.81. The summed E-state index contributed by atoms with van der Waals surface area (Å²) in [6.07, 6.45) is 3.58. The second kappa shape index (κ2) is 6.69. The zero-order chi connectivity index (χ0) is 19.1. The Labute approximate surface area is 150 Å². The van der Waals surface area contributed by atoms with Crippen molar-refractivity contribution in [2.24, 2.45) is 5.73 Å². The molecule has 0 aromatic carbocycles. The predicted molar refractivity (Wildman–Crippen MR) is 103 cm³/mol. The molecule has 0 radical (unpaired) electrons. The van der Waals surface area contributed by atoms with Gasteiger partial charge in [-0.15, -0.1) is 0 Å². The zero-order valence-corrected chi connectivity index (χ0v) is 17.8. The molecule has 0 aromatic heterocycles. The van der Waals surface area contributed by atoms with Crippen molar-refractivity contribution in [3.05, 3.63) is 0 Å². The van der Waals surface area contributed by atoms with Crippen molar-refractivity contribution in [1.29, 1.82) is 0 Å². The Morgan fingerprint density at radius 1 is 0.750 bits per heavy atom. The Morgan fingerprint density at radius 2 is 1.04 bits per heavy atom. The molecule has 2 aliphatic rings. The molecule has 4 nitrogen and oxygen atoms in total. The number of nitrogens with two attached hydrogens (primary N) is 1. The van der Waals surface area contributed by atoms with Gasteiger partial charge in [-0.2, -0.15) is 0 Å². The van der Waals surface area contributed by atoms with E-state index in [-0.39, 0.29) is 22.2 Å². The smallest absolute Gasteiger partial charge is 0.136 e. The van der Waals surface area contributed by atoms with Crippen LogP contribution in [0.15, 0.2) is 0 Å². The first kappa shape index (κ1) is 21.6. The third-order valence-corrected chi connectivity index (χ3v) is 6.41. The number of likely N-dealkylation sites (tertiary alicyclic amines) is 2. The summed E-state index contributed by atoms with van der Waals surface area (Å²) < 4.78 is 0. The van der Waals surface area contributed by atoms with E-state index in [1.165, 1.54) is 0 Å². The minimum absolute atomic E-state index is 0.0266. The van der Waals surface area contributed by atoms with Gasteiger partial charge in [-0.3, -0.25) is 14.6 Å². The first-order chi connectivity index (χ1) is 10.5. The van der Waals surface area contributed by atoms with Gasteiger partial charge in [0.2, 0.25) is 0 Å². The van der Waals surface area contributed by atoms with Crippen molar-refractivity contribution in [3.8, 4) is 0 Å². The normalized spacial score (nSPS) is 29.7. The van der Waals surface area contributed by atoms with Crippen LogP contribution in [0.25, 0.3) is 0 Å². The second-order valence-electron chi connectivity index (χ2n) is 10.4. The van der Waals surface area contributed by atoms with E-state index in [0.29, 0.717) is 24.7 Å². The Hall–Kier alpha value is -0.450. The van der Waals surface area contributed by atoms with Crippen LogP contribution in [-0.2, 0) is 4.79 Å². The zero-order valence-electron chi connectivity index (χ0n) is 17.8. The van der Waals surface area contributed by atoms with Crippen LogP contribution >= 0.6 is 0 Å². The van der Waals surface area contributed by atoms with Crippen molar-refractivity contribution in [3.63, 3.8) is 0 Å².